The quantitative estimate of drug-likeness (QED) is 0.677. The molecule has 13 heavy (non-hydrogen) atoms. The summed E-state index contributed by atoms with van der Waals surface area (Å²) < 4.78 is 12.9. The van der Waals surface area contributed by atoms with Gasteiger partial charge >= 0.3 is 0 Å². The number of aliphatic hydroxyl groups is 1. The van der Waals surface area contributed by atoms with Gasteiger partial charge in [0.05, 0.1) is 6.61 Å². The van der Waals surface area contributed by atoms with Gasteiger partial charge in [0.2, 0.25) is 0 Å². The van der Waals surface area contributed by atoms with E-state index in [1.54, 1.807) is 0 Å². The van der Waals surface area contributed by atoms with E-state index in [4.69, 9.17) is 5.11 Å². The van der Waals surface area contributed by atoms with Crippen LogP contribution >= 0.6 is 0 Å². The number of hydrogen-bond acceptors (Lipinski definition) is 2. The molecule has 2 rings (SSSR count). The molecule has 2 saturated heterocycles. The SMILES string of the molecule is CC.OC[C@]12CCCN1C[C@H](F)C2. The Hall–Kier alpha value is -0.150. The molecule has 1 N–H and O–H groups in total. The van der Waals surface area contributed by atoms with Gasteiger partial charge < -0.3 is 5.11 Å². The number of halogens is 1. The van der Waals surface area contributed by atoms with E-state index < -0.39 is 6.17 Å². The Balaban J connectivity index is 0.000000396. The van der Waals surface area contributed by atoms with Gasteiger partial charge in [-0.15, -0.1) is 0 Å². The topological polar surface area (TPSA) is 23.5 Å². The van der Waals surface area contributed by atoms with Crippen LogP contribution in [-0.4, -0.2) is 41.4 Å². The van der Waals surface area contributed by atoms with Crippen LogP contribution in [0.5, 0.6) is 0 Å². The summed E-state index contributed by atoms with van der Waals surface area (Å²) in [7, 11) is 0. The number of fused-ring (bicyclic) bond motifs is 1. The van der Waals surface area contributed by atoms with Gasteiger partial charge in [0.15, 0.2) is 0 Å². The van der Waals surface area contributed by atoms with Crippen molar-refractivity contribution in [1.29, 1.82) is 0 Å². The molecule has 78 valence electrons. The van der Waals surface area contributed by atoms with Gasteiger partial charge in [0.25, 0.3) is 0 Å². The molecule has 0 aliphatic carbocycles. The minimum Gasteiger partial charge on any atom is -0.394 e. The zero-order valence-electron chi connectivity index (χ0n) is 8.59. The van der Waals surface area contributed by atoms with E-state index in [-0.39, 0.29) is 12.1 Å². The van der Waals surface area contributed by atoms with Crippen LogP contribution in [0.3, 0.4) is 0 Å². The Morgan fingerprint density at radius 3 is 2.77 bits per heavy atom. The molecule has 0 bridgehead atoms. The van der Waals surface area contributed by atoms with E-state index >= 15 is 0 Å². The number of alkyl halides is 1. The molecule has 0 amide bonds. The Bertz CT molecular complexity index is 165. The molecule has 0 unspecified atom stereocenters. The molecule has 2 heterocycles. The molecule has 3 heteroatoms. The zero-order chi connectivity index (χ0) is 9.90. The monoisotopic (exact) mass is 189 g/mol. The molecule has 0 aromatic heterocycles. The Morgan fingerprint density at radius 2 is 2.23 bits per heavy atom. The predicted octanol–water partition coefficient (Wildman–Crippen LogP) is 1.58. The number of nitrogens with zero attached hydrogens (tertiary/aromatic N) is 1. The fourth-order valence-electron chi connectivity index (χ4n) is 2.47. The van der Waals surface area contributed by atoms with Crippen molar-refractivity contribution < 1.29 is 9.50 Å². The predicted molar refractivity (Wildman–Crippen MR) is 51.5 cm³/mol. The highest BCUT2D eigenvalue weighted by molar-refractivity contribution is 5.03. The summed E-state index contributed by atoms with van der Waals surface area (Å²) in [5.41, 5.74) is -0.167. The molecular weight excluding hydrogens is 169 g/mol. The van der Waals surface area contributed by atoms with Crippen molar-refractivity contribution in [2.24, 2.45) is 0 Å². The van der Waals surface area contributed by atoms with Crippen molar-refractivity contribution in [1.82, 2.24) is 4.90 Å². The maximum atomic E-state index is 12.9. The average Bonchev–Trinajstić information content (AvgIpc) is 2.64. The molecule has 2 atom stereocenters. The van der Waals surface area contributed by atoms with E-state index in [1.165, 1.54) is 0 Å². The van der Waals surface area contributed by atoms with Gasteiger partial charge in [-0.05, 0) is 19.4 Å². The van der Waals surface area contributed by atoms with E-state index in [2.05, 4.69) is 4.90 Å². The first kappa shape index (κ1) is 10.9. The van der Waals surface area contributed by atoms with Crippen LogP contribution in [-0.2, 0) is 0 Å². The van der Waals surface area contributed by atoms with Crippen molar-refractivity contribution >= 4 is 0 Å². The minimum atomic E-state index is -0.706. The minimum absolute atomic E-state index is 0.132. The summed E-state index contributed by atoms with van der Waals surface area (Å²) in [6.07, 6.45) is 1.93. The number of aliphatic hydroxyl groups excluding tert-OH is 1. The van der Waals surface area contributed by atoms with Crippen LogP contribution in [0.4, 0.5) is 4.39 Å². The summed E-state index contributed by atoms with van der Waals surface area (Å²) in [4.78, 5) is 2.11. The second kappa shape index (κ2) is 4.38. The highest BCUT2D eigenvalue weighted by atomic mass is 19.1. The van der Waals surface area contributed by atoms with Crippen LogP contribution in [0.1, 0.15) is 33.1 Å². The molecule has 0 radical (unpaired) electrons. The lowest BCUT2D eigenvalue weighted by Crippen LogP contribution is -2.41. The fraction of sp³-hybridized carbons (Fsp3) is 1.00. The molecule has 0 aromatic carbocycles. The van der Waals surface area contributed by atoms with Crippen LogP contribution in [0, 0.1) is 0 Å². The molecule has 2 aliphatic rings. The normalized spacial score (nSPS) is 38.3. The van der Waals surface area contributed by atoms with Crippen molar-refractivity contribution in [2.75, 3.05) is 19.7 Å². The van der Waals surface area contributed by atoms with Gasteiger partial charge in [0.1, 0.15) is 6.17 Å². The van der Waals surface area contributed by atoms with Crippen molar-refractivity contribution in [3.8, 4) is 0 Å². The van der Waals surface area contributed by atoms with E-state index in [0.717, 1.165) is 19.4 Å². The highest BCUT2D eigenvalue weighted by Crippen LogP contribution is 2.39. The third-order valence-corrected chi connectivity index (χ3v) is 3.06. The third-order valence-electron chi connectivity index (χ3n) is 3.06. The van der Waals surface area contributed by atoms with Crippen molar-refractivity contribution in [3.05, 3.63) is 0 Å². The first-order chi connectivity index (χ1) is 6.27. The van der Waals surface area contributed by atoms with Gasteiger partial charge in [0, 0.05) is 18.5 Å². The number of rotatable bonds is 1. The second-order valence-electron chi connectivity index (χ2n) is 3.73. The van der Waals surface area contributed by atoms with Crippen LogP contribution in [0.2, 0.25) is 0 Å². The summed E-state index contributed by atoms with van der Waals surface area (Å²) >= 11 is 0. The Labute approximate surface area is 79.7 Å². The molecule has 0 aromatic rings. The largest absolute Gasteiger partial charge is 0.394 e. The molecule has 2 fully saturated rings. The third kappa shape index (κ3) is 1.86. The van der Waals surface area contributed by atoms with Gasteiger partial charge in [-0.3, -0.25) is 4.90 Å². The maximum Gasteiger partial charge on any atom is 0.115 e. The summed E-state index contributed by atoms with van der Waals surface area (Å²) in [6.45, 7) is 5.65. The molecule has 0 saturated carbocycles. The Morgan fingerprint density at radius 1 is 1.54 bits per heavy atom. The Kier molecular flexibility index (Phi) is 3.68. The lowest BCUT2D eigenvalue weighted by Gasteiger charge is -2.28. The van der Waals surface area contributed by atoms with Crippen LogP contribution < -0.4 is 0 Å². The van der Waals surface area contributed by atoms with Crippen LogP contribution in [0.25, 0.3) is 0 Å². The summed E-state index contributed by atoms with van der Waals surface area (Å²) in [5, 5.41) is 9.14. The molecule has 2 aliphatic heterocycles. The first-order valence-electron chi connectivity index (χ1n) is 5.27. The summed E-state index contributed by atoms with van der Waals surface area (Å²) in [6, 6.07) is 0. The highest BCUT2D eigenvalue weighted by Gasteiger charge is 2.47. The van der Waals surface area contributed by atoms with Crippen LogP contribution in [0.15, 0.2) is 0 Å². The van der Waals surface area contributed by atoms with E-state index in [1.807, 2.05) is 13.8 Å². The average molecular weight is 189 g/mol. The molecular formula is C10H20FNO. The standard InChI is InChI=1S/C8H14FNO.C2H6/c9-7-4-8(6-11)2-1-3-10(8)5-7;1-2/h7,11H,1-6H2;1-2H3/t7-,8-;/m1./s1. The van der Waals surface area contributed by atoms with Crippen molar-refractivity contribution in [3.63, 3.8) is 0 Å². The van der Waals surface area contributed by atoms with Gasteiger partial charge in [-0.1, -0.05) is 13.8 Å². The van der Waals surface area contributed by atoms with E-state index in [0.29, 0.717) is 13.0 Å². The lowest BCUT2D eigenvalue weighted by molar-refractivity contribution is 0.0996. The van der Waals surface area contributed by atoms with Gasteiger partial charge in [-0.25, -0.2) is 4.39 Å². The first-order valence-corrected chi connectivity index (χ1v) is 5.27. The molecule has 2 nitrogen and oxygen atoms in total. The maximum absolute atomic E-state index is 12.9. The molecule has 0 spiro atoms. The van der Waals surface area contributed by atoms with E-state index in [9.17, 15) is 4.39 Å². The number of hydrogen-bond donors (Lipinski definition) is 1. The smallest absolute Gasteiger partial charge is 0.115 e. The second-order valence-corrected chi connectivity index (χ2v) is 3.73. The fourth-order valence-corrected chi connectivity index (χ4v) is 2.47. The summed E-state index contributed by atoms with van der Waals surface area (Å²) in [5.74, 6) is 0. The zero-order valence-corrected chi connectivity index (χ0v) is 8.59. The lowest BCUT2D eigenvalue weighted by atomic mass is 9.95. The van der Waals surface area contributed by atoms with Crippen molar-refractivity contribution in [2.45, 2.75) is 44.8 Å². The van der Waals surface area contributed by atoms with Gasteiger partial charge in [-0.2, -0.15) is 0 Å².